The molecule has 2 aromatic carbocycles. The van der Waals surface area contributed by atoms with Crippen molar-refractivity contribution in [3.05, 3.63) is 65.2 Å². The average Bonchev–Trinajstić information content (AvgIpc) is 2.97. The zero-order valence-electron chi connectivity index (χ0n) is 13.9. The second-order valence-electron chi connectivity index (χ2n) is 6.24. The van der Waals surface area contributed by atoms with Crippen molar-refractivity contribution < 1.29 is 14.6 Å². The number of benzene rings is 2. The van der Waals surface area contributed by atoms with Crippen molar-refractivity contribution in [1.82, 2.24) is 5.32 Å². The highest BCUT2D eigenvalue weighted by Crippen LogP contribution is 2.36. The second-order valence-corrected chi connectivity index (χ2v) is 6.24. The quantitative estimate of drug-likeness (QED) is 0.846. The molecule has 0 fully saturated rings. The molecule has 1 unspecified atom stereocenters. The van der Waals surface area contributed by atoms with Gasteiger partial charge in [0.05, 0.1) is 13.0 Å². The predicted molar refractivity (Wildman–Crippen MR) is 92.9 cm³/mol. The maximum atomic E-state index is 12.2. The number of carbonyl (C=O) groups excluding carboxylic acids is 1. The van der Waals surface area contributed by atoms with Crippen molar-refractivity contribution >= 4 is 5.91 Å². The van der Waals surface area contributed by atoms with Gasteiger partial charge in [0.25, 0.3) is 0 Å². The summed E-state index contributed by atoms with van der Waals surface area (Å²) in [6, 6.07) is 16.8. The first-order valence-corrected chi connectivity index (χ1v) is 8.27. The maximum Gasteiger partial charge on any atom is 0.224 e. The van der Waals surface area contributed by atoms with Crippen LogP contribution in [-0.4, -0.2) is 24.2 Å². The van der Waals surface area contributed by atoms with E-state index in [-0.39, 0.29) is 25.5 Å². The molecular weight excluding hydrogens is 316 g/mol. The summed E-state index contributed by atoms with van der Waals surface area (Å²) in [5.41, 5.74) is 1.85. The number of carbonyl (C=O) groups is 1. The summed E-state index contributed by atoms with van der Waals surface area (Å²) in [6.07, 6.45) is 1.63. The molecule has 0 saturated heterocycles. The molecule has 0 bridgehead atoms. The fourth-order valence-electron chi connectivity index (χ4n) is 3.21. The van der Waals surface area contributed by atoms with Crippen LogP contribution in [0, 0.1) is 11.3 Å². The number of fused-ring (bicyclic) bond motifs is 1. The van der Waals surface area contributed by atoms with E-state index in [9.17, 15) is 9.90 Å². The molecule has 0 radical (unpaired) electrons. The van der Waals surface area contributed by atoms with Gasteiger partial charge in [-0.3, -0.25) is 4.79 Å². The van der Waals surface area contributed by atoms with Crippen molar-refractivity contribution in [1.29, 1.82) is 5.26 Å². The molecule has 2 aromatic rings. The summed E-state index contributed by atoms with van der Waals surface area (Å²) in [5.74, 6) is 0.408. The average molecular weight is 336 g/mol. The van der Waals surface area contributed by atoms with Crippen LogP contribution in [0.25, 0.3) is 0 Å². The van der Waals surface area contributed by atoms with Gasteiger partial charge in [0.15, 0.2) is 6.61 Å². The van der Waals surface area contributed by atoms with Crippen LogP contribution in [0.3, 0.4) is 0 Å². The highest BCUT2D eigenvalue weighted by molar-refractivity contribution is 5.78. The van der Waals surface area contributed by atoms with Gasteiger partial charge < -0.3 is 15.2 Å². The SMILES string of the molecule is N#CCOc1cccc(CC(=O)NCC2(O)CCc3ccccc32)c1. The highest BCUT2D eigenvalue weighted by Gasteiger charge is 2.36. The van der Waals surface area contributed by atoms with E-state index in [1.54, 1.807) is 18.2 Å². The molecule has 0 aromatic heterocycles. The molecule has 1 aliphatic rings. The van der Waals surface area contributed by atoms with Crippen LogP contribution in [0.15, 0.2) is 48.5 Å². The van der Waals surface area contributed by atoms with Crippen LogP contribution >= 0.6 is 0 Å². The van der Waals surface area contributed by atoms with E-state index in [1.165, 1.54) is 0 Å². The van der Waals surface area contributed by atoms with Gasteiger partial charge in [-0.2, -0.15) is 5.26 Å². The monoisotopic (exact) mass is 336 g/mol. The number of hydrogen-bond acceptors (Lipinski definition) is 4. The number of rotatable bonds is 6. The lowest BCUT2D eigenvalue weighted by Gasteiger charge is -2.24. The number of nitrogens with zero attached hydrogens (tertiary/aromatic N) is 1. The minimum absolute atomic E-state index is 0.0257. The summed E-state index contributed by atoms with van der Waals surface area (Å²) in [4.78, 5) is 12.2. The van der Waals surface area contributed by atoms with E-state index in [2.05, 4.69) is 5.32 Å². The number of aryl methyl sites for hydroxylation is 1. The largest absolute Gasteiger partial charge is 0.479 e. The van der Waals surface area contributed by atoms with Gasteiger partial charge in [0.1, 0.15) is 17.4 Å². The normalized spacial score (nSPS) is 18.2. The number of ether oxygens (including phenoxy) is 1. The first-order valence-electron chi connectivity index (χ1n) is 8.27. The first kappa shape index (κ1) is 17.0. The summed E-state index contributed by atoms with van der Waals surface area (Å²) in [5, 5.41) is 22.2. The number of amides is 1. The van der Waals surface area contributed by atoms with Crippen LogP contribution in [0.1, 0.15) is 23.1 Å². The summed E-state index contributed by atoms with van der Waals surface area (Å²) < 4.78 is 5.24. The molecule has 1 amide bonds. The summed E-state index contributed by atoms with van der Waals surface area (Å²) in [6.45, 7) is 0.176. The molecule has 0 saturated carbocycles. The van der Waals surface area contributed by atoms with Gasteiger partial charge >= 0.3 is 0 Å². The summed E-state index contributed by atoms with van der Waals surface area (Å²) in [7, 11) is 0. The molecule has 1 aliphatic carbocycles. The zero-order chi connectivity index (χ0) is 17.7. The molecule has 0 spiro atoms. The van der Waals surface area contributed by atoms with Gasteiger partial charge in [-0.1, -0.05) is 36.4 Å². The molecule has 2 N–H and O–H groups in total. The number of nitrogens with one attached hydrogen (secondary N) is 1. The first-order chi connectivity index (χ1) is 12.1. The molecule has 128 valence electrons. The molecule has 0 heterocycles. The Bertz CT molecular complexity index is 813. The van der Waals surface area contributed by atoms with Gasteiger partial charge in [-0.15, -0.1) is 0 Å². The summed E-state index contributed by atoms with van der Waals surface area (Å²) >= 11 is 0. The third kappa shape index (κ3) is 3.98. The minimum atomic E-state index is -0.996. The van der Waals surface area contributed by atoms with E-state index in [1.807, 2.05) is 36.4 Å². The number of nitriles is 1. The molecule has 5 heteroatoms. The Morgan fingerprint density at radius 2 is 2.12 bits per heavy atom. The van der Waals surface area contributed by atoms with Crippen molar-refractivity contribution in [3.63, 3.8) is 0 Å². The highest BCUT2D eigenvalue weighted by atomic mass is 16.5. The maximum absolute atomic E-state index is 12.2. The third-order valence-corrected chi connectivity index (χ3v) is 4.47. The van der Waals surface area contributed by atoms with E-state index in [0.29, 0.717) is 12.2 Å². The lowest BCUT2D eigenvalue weighted by Crippen LogP contribution is -2.39. The van der Waals surface area contributed by atoms with E-state index >= 15 is 0 Å². The van der Waals surface area contributed by atoms with E-state index in [4.69, 9.17) is 10.00 Å². The van der Waals surface area contributed by atoms with Crippen LogP contribution in [0.2, 0.25) is 0 Å². The van der Waals surface area contributed by atoms with Crippen molar-refractivity contribution in [2.24, 2.45) is 0 Å². The Morgan fingerprint density at radius 3 is 2.96 bits per heavy atom. The smallest absolute Gasteiger partial charge is 0.224 e. The minimum Gasteiger partial charge on any atom is -0.479 e. The third-order valence-electron chi connectivity index (χ3n) is 4.47. The Morgan fingerprint density at radius 1 is 1.28 bits per heavy atom. The van der Waals surface area contributed by atoms with Gasteiger partial charge in [-0.05, 0) is 41.7 Å². The van der Waals surface area contributed by atoms with E-state index < -0.39 is 5.60 Å². The molecule has 5 nitrogen and oxygen atoms in total. The number of hydrogen-bond donors (Lipinski definition) is 2. The molecule has 3 rings (SSSR count). The van der Waals surface area contributed by atoms with Crippen molar-refractivity contribution in [2.45, 2.75) is 24.9 Å². The Balaban J connectivity index is 1.58. The molecule has 1 atom stereocenters. The van der Waals surface area contributed by atoms with Crippen molar-refractivity contribution in [2.75, 3.05) is 13.2 Å². The van der Waals surface area contributed by atoms with Crippen LogP contribution in [-0.2, 0) is 23.2 Å². The number of aliphatic hydroxyl groups is 1. The molecule has 0 aliphatic heterocycles. The molecule has 25 heavy (non-hydrogen) atoms. The Labute approximate surface area is 146 Å². The fraction of sp³-hybridized carbons (Fsp3) is 0.300. The van der Waals surface area contributed by atoms with Gasteiger partial charge in [0, 0.05) is 0 Å². The lowest BCUT2D eigenvalue weighted by atomic mass is 9.96. The predicted octanol–water partition coefficient (Wildman–Crippen LogP) is 2.08. The topological polar surface area (TPSA) is 82.3 Å². The Kier molecular flexibility index (Phi) is 5.01. The van der Waals surface area contributed by atoms with Crippen LogP contribution in [0.4, 0.5) is 0 Å². The fourth-order valence-corrected chi connectivity index (χ4v) is 3.21. The lowest BCUT2D eigenvalue weighted by molar-refractivity contribution is -0.121. The van der Waals surface area contributed by atoms with Gasteiger partial charge in [-0.25, -0.2) is 0 Å². The van der Waals surface area contributed by atoms with E-state index in [0.717, 1.165) is 23.1 Å². The molecular formula is C20H20N2O3. The van der Waals surface area contributed by atoms with Crippen LogP contribution < -0.4 is 10.1 Å². The Hall–Kier alpha value is -2.84. The zero-order valence-corrected chi connectivity index (χ0v) is 13.9. The van der Waals surface area contributed by atoms with Gasteiger partial charge in [0.2, 0.25) is 5.91 Å². The second kappa shape index (κ2) is 7.37. The standard InChI is InChI=1S/C20H20N2O3/c21-10-11-25-17-6-3-4-15(12-17)13-19(23)22-14-20(24)9-8-16-5-1-2-7-18(16)20/h1-7,12,24H,8-9,11,13-14H2,(H,22,23). The van der Waals surface area contributed by atoms with Crippen molar-refractivity contribution in [3.8, 4) is 11.8 Å². The van der Waals surface area contributed by atoms with Crippen LogP contribution in [0.5, 0.6) is 5.75 Å².